The van der Waals surface area contributed by atoms with Crippen molar-refractivity contribution in [2.24, 2.45) is 0 Å². The number of carbonyl (C=O) groups is 1. The van der Waals surface area contributed by atoms with E-state index in [1.807, 2.05) is 6.92 Å². The smallest absolute Gasteiger partial charge is 0.323 e. The molecule has 0 heterocycles. The molecule has 0 bridgehead atoms. The fraction of sp³-hybridized carbons (Fsp3) is 0.588. The van der Waals surface area contributed by atoms with Gasteiger partial charge in [0, 0.05) is 10.6 Å². The summed E-state index contributed by atoms with van der Waals surface area (Å²) in [4.78, 5) is 12.6. The predicted molar refractivity (Wildman–Crippen MR) is 90.2 cm³/mol. The van der Waals surface area contributed by atoms with Crippen molar-refractivity contribution in [3.63, 3.8) is 0 Å². The maximum atomic E-state index is 11.4. The first-order valence-corrected chi connectivity index (χ1v) is 8.59. The van der Waals surface area contributed by atoms with E-state index in [2.05, 4.69) is 43.4 Å². The van der Waals surface area contributed by atoms with Crippen LogP contribution in [-0.2, 0) is 4.79 Å². The fourth-order valence-corrected chi connectivity index (χ4v) is 3.07. The molecule has 0 radical (unpaired) electrons. The number of hydrogen-bond donors (Lipinski definition) is 2. The number of hydrogen-bond acceptors (Lipinski definition) is 3. The van der Waals surface area contributed by atoms with Crippen LogP contribution in [0.2, 0.25) is 0 Å². The molecule has 3 nitrogen and oxygen atoms in total. The van der Waals surface area contributed by atoms with Crippen molar-refractivity contribution in [1.29, 1.82) is 0 Å². The van der Waals surface area contributed by atoms with Gasteiger partial charge in [0.15, 0.2) is 0 Å². The fourth-order valence-electron chi connectivity index (χ4n) is 1.99. The van der Waals surface area contributed by atoms with E-state index in [9.17, 15) is 9.90 Å². The maximum absolute atomic E-state index is 11.4. The van der Waals surface area contributed by atoms with Gasteiger partial charge in [0.05, 0.1) is 0 Å². The minimum absolute atomic E-state index is 0.539. The van der Waals surface area contributed by atoms with Gasteiger partial charge in [-0.15, -0.1) is 11.8 Å². The molecule has 0 fully saturated rings. The van der Waals surface area contributed by atoms with E-state index in [4.69, 9.17) is 0 Å². The third kappa shape index (κ3) is 5.71. The summed E-state index contributed by atoms with van der Waals surface area (Å²) in [5.74, 6) is 0.560. The van der Waals surface area contributed by atoms with Crippen LogP contribution in [0.15, 0.2) is 29.2 Å². The highest BCUT2D eigenvalue weighted by atomic mass is 32.2. The first-order chi connectivity index (χ1) is 9.89. The molecule has 1 aromatic carbocycles. The van der Waals surface area contributed by atoms with Crippen molar-refractivity contribution in [2.75, 3.05) is 12.3 Å². The van der Waals surface area contributed by atoms with E-state index in [1.165, 1.54) is 10.5 Å². The Bertz CT molecular complexity index is 445. The van der Waals surface area contributed by atoms with E-state index in [-0.39, 0.29) is 0 Å². The number of nitrogens with one attached hydrogen (secondary N) is 1. The summed E-state index contributed by atoms with van der Waals surface area (Å²) in [6.45, 7) is 8.91. The Balaban J connectivity index is 2.52. The Kier molecular flexibility index (Phi) is 7.26. The second kappa shape index (κ2) is 8.44. The van der Waals surface area contributed by atoms with Gasteiger partial charge in [-0.1, -0.05) is 32.9 Å². The van der Waals surface area contributed by atoms with Gasteiger partial charge < -0.3 is 10.4 Å². The molecule has 1 aromatic rings. The third-order valence-corrected chi connectivity index (χ3v) is 4.67. The number of benzene rings is 1. The van der Waals surface area contributed by atoms with E-state index < -0.39 is 11.5 Å². The molecule has 0 aromatic heterocycles. The van der Waals surface area contributed by atoms with Gasteiger partial charge in [-0.25, -0.2) is 0 Å². The maximum Gasteiger partial charge on any atom is 0.323 e. The van der Waals surface area contributed by atoms with E-state index in [0.29, 0.717) is 12.3 Å². The molecule has 0 saturated heterocycles. The Morgan fingerprint density at radius 1 is 1.33 bits per heavy atom. The Morgan fingerprint density at radius 3 is 2.43 bits per heavy atom. The van der Waals surface area contributed by atoms with Gasteiger partial charge in [0.25, 0.3) is 0 Å². The standard InChI is InChI=1S/C17H27NO2S/c1-5-11-18-17(4,16(19)20)10-12-21-15-8-6-14(7-9-15)13(2)3/h6-9,13,18H,5,10-12H2,1-4H3,(H,19,20). The van der Waals surface area contributed by atoms with Crippen LogP contribution in [0.1, 0.15) is 52.0 Å². The van der Waals surface area contributed by atoms with Crippen LogP contribution in [0.4, 0.5) is 0 Å². The van der Waals surface area contributed by atoms with Gasteiger partial charge in [-0.3, -0.25) is 4.79 Å². The minimum atomic E-state index is -0.832. The molecule has 0 aliphatic carbocycles. The number of carboxylic acids is 1. The molecule has 1 unspecified atom stereocenters. The van der Waals surface area contributed by atoms with E-state index >= 15 is 0 Å². The molecule has 0 aliphatic heterocycles. The highest BCUT2D eigenvalue weighted by Crippen LogP contribution is 2.24. The average molecular weight is 309 g/mol. The van der Waals surface area contributed by atoms with Gasteiger partial charge in [0.2, 0.25) is 0 Å². The lowest BCUT2D eigenvalue weighted by Crippen LogP contribution is -2.50. The van der Waals surface area contributed by atoms with E-state index in [1.54, 1.807) is 18.7 Å². The van der Waals surface area contributed by atoms with Crippen molar-refractivity contribution in [3.8, 4) is 0 Å². The number of rotatable bonds is 9. The number of aliphatic carboxylic acids is 1. The van der Waals surface area contributed by atoms with Crippen LogP contribution in [0, 0.1) is 0 Å². The van der Waals surface area contributed by atoms with E-state index in [0.717, 1.165) is 18.7 Å². The second-order valence-electron chi connectivity index (χ2n) is 5.89. The topological polar surface area (TPSA) is 49.3 Å². The van der Waals surface area contributed by atoms with Crippen LogP contribution in [0.3, 0.4) is 0 Å². The molecular formula is C17H27NO2S. The summed E-state index contributed by atoms with van der Waals surface area (Å²) in [7, 11) is 0. The number of carboxylic acid groups (broad SMARTS) is 1. The zero-order valence-electron chi connectivity index (χ0n) is 13.5. The van der Waals surface area contributed by atoms with Crippen LogP contribution in [0.5, 0.6) is 0 Å². The lowest BCUT2D eigenvalue weighted by atomic mass is 9.99. The highest BCUT2D eigenvalue weighted by Gasteiger charge is 2.31. The molecule has 0 spiro atoms. The van der Waals surface area contributed by atoms with Crippen LogP contribution < -0.4 is 5.32 Å². The molecule has 0 amide bonds. The summed E-state index contributed by atoms with van der Waals surface area (Å²) in [5, 5.41) is 12.5. The van der Waals surface area contributed by atoms with Gasteiger partial charge in [0.1, 0.15) is 5.54 Å². The Labute approximate surface area is 132 Å². The zero-order chi connectivity index (χ0) is 15.9. The number of thioether (sulfide) groups is 1. The van der Waals surface area contributed by atoms with Crippen LogP contribution >= 0.6 is 11.8 Å². The Morgan fingerprint density at radius 2 is 1.95 bits per heavy atom. The highest BCUT2D eigenvalue weighted by molar-refractivity contribution is 7.99. The summed E-state index contributed by atoms with van der Waals surface area (Å²) in [6.07, 6.45) is 1.55. The lowest BCUT2D eigenvalue weighted by molar-refractivity contribution is -0.144. The molecule has 1 rings (SSSR count). The SMILES string of the molecule is CCCNC(C)(CCSc1ccc(C(C)C)cc1)C(=O)O. The molecule has 1 atom stereocenters. The summed E-state index contributed by atoms with van der Waals surface area (Å²) in [5.41, 5.74) is 0.500. The Hall–Kier alpha value is -1.00. The van der Waals surface area contributed by atoms with Crippen LogP contribution in [0.25, 0.3) is 0 Å². The summed E-state index contributed by atoms with van der Waals surface area (Å²) >= 11 is 1.72. The van der Waals surface area contributed by atoms with Gasteiger partial charge >= 0.3 is 5.97 Å². The summed E-state index contributed by atoms with van der Waals surface area (Å²) < 4.78 is 0. The molecule has 118 valence electrons. The first kappa shape index (κ1) is 18.1. The van der Waals surface area contributed by atoms with Crippen molar-refractivity contribution in [1.82, 2.24) is 5.32 Å². The predicted octanol–water partition coefficient (Wildman–Crippen LogP) is 4.14. The first-order valence-electron chi connectivity index (χ1n) is 7.60. The monoisotopic (exact) mass is 309 g/mol. The molecule has 2 N–H and O–H groups in total. The quantitative estimate of drug-likeness (QED) is 0.673. The van der Waals surface area contributed by atoms with Crippen molar-refractivity contribution in [2.45, 2.75) is 56.9 Å². The largest absolute Gasteiger partial charge is 0.480 e. The summed E-state index contributed by atoms with van der Waals surface area (Å²) in [6, 6.07) is 8.55. The minimum Gasteiger partial charge on any atom is -0.480 e. The van der Waals surface area contributed by atoms with Crippen LogP contribution in [-0.4, -0.2) is 28.9 Å². The van der Waals surface area contributed by atoms with Crippen molar-refractivity contribution >= 4 is 17.7 Å². The van der Waals surface area contributed by atoms with Crippen molar-refractivity contribution in [3.05, 3.63) is 29.8 Å². The van der Waals surface area contributed by atoms with Gasteiger partial charge in [-0.2, -0.15) is 0 Å². The molecule has 4 heteroatoms. The lowest BCUT2D eigenvalue weighted by Gasteiger charge is -2.26. The van der Waals surface area contributed by atoms with Gasteiger partial charge in [-0.05, 0) is 49.9 Å². The second-order valence-corrected chi connectivity index (χ2v) is 7.05. The normalized spacial score (nSPS) is 14.1. The molecule has 21 heavy (non-hydrogen) atoms. The average Bonchev–Trinajstić information content (AvgIpc) is 2.45. The van der Waals surface area contributed by atoms with Crippen molar-refractivity contribution < 1.29 is 9.90 Å². The third-order valence-electron chi connectivity index (χ3n) is 3.65. The molecule has 0 aliphatic rings. The molecular weight excluding hydrogens is 282 g/mol. The zero-order valence-corrected chi connectivity index (χ0v) is 14.3. The molecule has 0 saturated carbocycles.